The van der Waals surface area contributed by atoms with Crippen molar-refractivity contribution in [3.05, 3.63) is 35.4 Å². The van der Waals surface area contributed by atoms with Crippen LogP contribution in [-0.4, -0.2) is 47.9 Å². The summed E-state index contributed by atoms with van der Waals surface area (Å²) in [5.41, 5.74) is 0.0960. The minimum atomic E-state index is -0.956. The zero-order chi connectivity index (χ0) is 17.0. The second-order valence-electron chi connectivity index (χ2n) is 5.82. The number of aliphatic hydroxyl groups is 1. The highest BCUT2D eigenvalue weighted by Crippen LogP contribution is 2.20. The fraction of sp³-hybridized carbons (Fsp3) is 0.562. The molecule has 1 aromatic rings. The van der Waals surface area contributed by atoms with Gasteiger partial charge in [0.1, 0.15) is 0 Å². The first-order valence-electron chi connectivity index (χ1n) is 7.67. The molecule has 1 aliphatic rings. The predicted molar refractivity (Wildman–Crippen MR) is 80.9 cm³/mol. The Labute approximate surface area is 134 Å². The van der Waals surface area contributed by atoms with E-state index in [-0.39, 0.29) is 17.6 Å². The number of halogens is 2. The van der Waals surface area contributed by atoms with Crippen molar-refractivity contribution in [3.63, 3.8) is 0 Å². The minimum Gasteiger partial charge on any atom is -0.393 e. The van der Waals surface area contributed by atoms with Gasteiger partial charge in [-0.3, -0.25) is 0 Å². The quantitative estimate of drug-likeness (QED) is 0.891. The van der Waals surface area contributed by atoms with Gasteiger partial charge in [0.25, 0.3) is 0 Å². The number of rotatable bonds is 4. The smallest absolute Gasteiger partial charge is 0.318 e. The number of carbonyl (C=O) groups excluding carboxylic acids is 1. The van der Waals surface area contributed by atoms with Crippen molar-refractivity contribution in [2.45, 2.75) is 38.5 Å². The Balaban J connectivity index is 2.05. The van der Waals surface area contributed by atoms with Crippen LogP contribution < -0.4 is 5.32 Å². The summed E-state index contributed by atoms with van der Waals surface area (Å²) in [5.74, 6) is -1.90. The van der Waals surface area contributed by atoms with Crippen molar-refractivity contribution in [2.75, 3.05) is 19.8 Å². The molecule has 1 aliphatic heterocycles. The van der Waals surface area contributed by atoms with E-state index in [0.29, 0.717) is 26.2 Å². The maximum Gasteiger partial charge on any atom is 0.318 e. The third-order valence-electron chi connectivity index (χ3n) is 3.89. The van der Waals surface area contributed by atoms with Gasteiger partial charge in [0.15, 0.2) is 11.6 Å². The van der Waals surface area contributed by atoms with Gasteiger partial charge in [0.05, 0.1) is 31.4 Å². The number of hydrogen-bond donors (Lipinski definition) is 2. The third-order valence-corrected chi connectivity index (χ3v) is 3.89. The number of nitrogens with zero attached hydrogens (tertiary/aromatic N) is 1. The molecule has 128 valence electrons. The molecule has 7 heteroatoms. The number of morpholine rings is 1. The molecule has 0 aliphatic carbocycles. The molecule has 1 aromatic carbocycles. The molecule has 0 bridgehead atoms. The number of aliphatic hydroxyl groups excluding tert-OH is 1. The predicted octanol–water partition coefficient (Wildman–Crippen LogP) is 2.21. The summed E-state index contributed by atoms with van der Waals surface area (Å²) < 4.78 is 32.4. The Morgan fingerprint density at radius 2 is 2.22 bits per heavy atom. The molecule has 2 N–H and O–H groups in total. The highest BCUT2D eigenvalue weighted by atomic mass is 19.2. The van der Waals surface area contributed by atoms with E-state index in [0.717, 1.165) is 6.07 Å². The summed E-state index contributed by atoms with van der Waals surface area (Å²) >= 11 is 0. The van der Waals surface area contributed by atoms with Gasteiger partial charge in [-0.2, -0.15) is 0 Å². The standard InChI is InChI=1S/C16H22F2N2O3/c1-10(21)8-12-9-23-7-6-20(12)16(22)19-11(2)13-4-3-5-14(17)15(13)18/h3-5,10-12,21H,6-9H2,1-2H3,(H,19,22)/t10-,11-,12+/m0/s1. The molecule has 0 saturated carbocycles. The average molecular weight is 328 g/mol. The molecule has 0 radical (unpaired) electrons. The van der Waals surface area contributed by atoms with Crippen LogP contribution in [0.1, 0.15) is 31.9 Å². The Bertz CT molecular complexity index is 554. The Morgan fingerprint density at radius 3 is 2.91 bits per heavy atom. The fourth-order valence-corrected chi connectivity index (χ4v) is 2.71. The second kappa shape index (κ2) is 7.70. The Kier molecular flexibility index (Phi) is 5.90. The van der Waals surface area contributed by atoms with E-state index >= 15 is 0 Å². The van der Waals surface area contributed by atoms with Crippen LogP contribution in [-0.2, 0) is 4.74 Å². The minimum absolute atomic E-state index is 0.0960. The first-order valence-corrected chi connectivity index (χ1v) is 7.67. The average Bonchev–Trinajstić information content (AvgIpc) is 2.49. The van der Waals surface area contributed by atoms with E-state index in [9.17, 15) is 18.7 Å². The van der Waals surface area contributed by atoms with Crippen molar-refractivity contribution in [1.29, 1.82) is 0 Å². The van der Waals surface area contributed by atoms with E-state index in [2.05, 4.69) is 5.32 Å². The zero-order valence-corrected chi connectivity index (χ0v) is 13.3. The molecule has 1 heterocycles. The van der Waals surface area contributed by atoms with E-state index < -0.39 is 23.8 Å². The summed E-state index contributed by atoms with van der Waals surface area (Å²) in [7, 11) is 0. The second-order valence-corrected chi connectivity index (χ2v) is 5.82. The summed E-state index contributed by atoms with van der Waals surface area (Å²) in [6.45, 7) is 4.39. The number of urea groups is 1. The number of benzene rings is 1. The SMILES string of the molecule is C[C@H](O)C[C@@H]1COCCN1C(=O)N[C@@H](C)c1cccc(F)c1F. The number of hydrogen-bond acceptors (Lipinski definition) is 3. The van der Waals surface area contributed by atoms with Gasteiger partial charge >= 0.3 is 6.03 Å². The molecule has 23 heavy (non-hydrogen) atoms. The normalized spacial score (nSPS) is 20.9. The summed E-state index contributed by atoms with van der Waals surface area (Å²) in [4.78, 5) is 14.0. The molecular weight excluding hydrogens is 306 g/mol. The molecule has 2 amide bonds. The molecule has 5 nitrogen and oxygen atoms in total. The highest BCUT2D eigenvalue weighted by Gasteiger charge is 2.29. The topological polar surface area (TPSA) is 61.8 Å². The van der Waals surface area contributed by atoms with Gasteiger partial charge in [-0.05, 0) is 26.3 Å². The van der Waals surface area contributed by atoms with Crippen molar-refractivity contribution >= 4 is 6.03 Å². The lowest BCUT2D eigenvalue weighted by Gasteiger charge is -2.37. The molecule has 0 spiro atoms. The van der Waals surface area contributed by atoms with Crippen LogP contribution in [0.3, 0.4) is 0 Å². The van der Waals surface area contributed by atoms with Gasteiger partial charge in [0, 0.05) is 12.1 Å². The molecule has 1 fully saturated rings. The molecule has 1 saturated heterocycles. The molecule has 3 atom stereocenters. The van der Waals surface area contributed by atoms with Crippen molar-refractivity contribution in [3.8, 4) is 0 Å². The van der Waals surface area contributed by atoms with E-state index in [1.165, 1.54) is 12.1 Å². The van der Waals surface area contributed by atoms with E-state index in [4.69, 9.17) is 4.74 Å². The van der Waals surface area contributed by atoms with Gasteiger partial charge in [-0.15, -0.1) is 0 Å². The Hall–Kier alpha value is -1.73. The zero-order valence-electron chi connectivity index (χ0n) is 13.3. The van der Waals surface area contributed by atoms with Crippen LogP contribution in [0.2, 0.25) is 0 Å². The summed E-state index contributed by atoms with van der Waals surface area (Å²) in [6.07, 6.45) is -0.161. The lowest BCUT2D eigenvalue weighted by atomic mass is 10.1. The third kappa shape index (κ3) is 4.39. The van der Waals surface area contributed by atoms with Crippen molar-refractivity contribution in [2.24, 2.45) is 0 Å². The van der Waals surface area contributed by atoms with Gasteiger partial charge in [-0.25, -0.2) is 13.6 Å². The van der Waals surface area contributed by atoms with Crippen molar-refractivity contribution < 1.29 is 23.4 Å². The van der Waals surface area contributed by atoms with Crippen LogP contribution >= 0.6 is 0 Å². The number of amides is 2. The maximum absolute atomic E-state index is 13.8. The fourth-order valence-electron chi connectivity index (χ4n) is 2.71. The monoisotopic (exact) mass is 328 g/mol. The molecular formula is C16H22F2N2O3. The maximum atomic E-state index is 13.8. The van der Waals surface area contributed by atoms with E-state index in [1.807, 2.05) is 0 Å². The first kappa shape index (κ1) is 17.6. The van der Waals surface area contributed by atoms with E-state index in [1.54, 1.807) is 18.7 Å². The van der Waals surface area contributed by atoms with Gasteiger partial charge in [-0.1, -0.05) is 12.1 Å². The van der Waals surface area contributed by atoms with Gasteiger partial charge in [0.2, 0.25) is 0 Å². The number of nitrogens with one attached hydrogen (secondary N) is 1. The largest absolute Gasteiger partial charge is 0.393 e. The van der Waals surface area contributed by atoms with Crippen LogP contribution in [0.5, 0.6) is 0 Å². The van der Waals surface area contributed by atoms with Crippen LogP contribution in [0.15, 0.2) is 18.2 Å². The highest BCUT2D eigenvalue weighted by molar-refractivity contribution is 5.75. The number of ether oxygens (including phenoxy) is 1. The Morgan fingerprint density at radius 1 is 1.48 bits per heavy atom. The van der Waals surface area contributed by atoms with Crippen molar-refractivity contribution in [1.82, 2.24) is 10.2 Å². The van der Waals surface area contributed by atoms with Crippen LogP contribution in [0.25, 0.3) is 0 Å². The molecule has 0 unspecified atom stereocenters. The van der Waals surface area contributed by atoms with Crippen LogP contribution in [0.4, 0.5) is 13.6 Å². The summed E-state index contributed by atoms with van der Waals surface area (Å²) in [5, 5.41) is 12.2. The summed E-state index contributed by atoms with van der Waals surface area (Å²) in [6, 6.07) is 2.59. The lowest BCUT2D eigenvalue weighted by Crippen LogP contribution is -2.53. The molecule has 2 rings (SSSR count). The lowest BCUT2D eigenvalue weighted by molar-refractivity contribution is -0.00475. The molecule has 0 aromatic heterocycles. The number of carbonyl (C=O) groups is 1. The van der Waals surface area contributed by atoms with Gasteiger partial charge < -0.3 is 20.1 Å². The first-order chi connectivity index (χ1) is 10.9. The van der Waals surface area contributed by atoms with Crippen LogP contribution in [0, 0.1) is 11.6 Å².